The summed E-state index contributed by atoms with van der Waals surface area (Å²) >= 11 is 1.53. The summed E-state index contributed by atoms with van der Waals surface area (Å²) in [6.07, 6.45) is 2.53. The number of benzene rings is 2. The monoisotopic (exact) mass is 468 g/mol. The zero-order chi connectivity index (χ0) is 23.8. The highest BCUT2D eigenvalue weighted by Crippen LogP contribution is 2.38. The van der Waals surface area contributed by atoms with Crippen LogP contribution in [0.25, 0.3) is 21.5 Å². The van der Waals surface area contributed by atoms with E-state index in [1.165, 1.54) is 23.5 Å². The van der Waals surface area contributed by atoms with E-state index in [2.05, 4.69) is 13.8 Å². The predicted molar refractivity (Wildman–Crippen MR) is 128 cm³/mol. The molecule has 4 nitrogen and oxygen atoms in total. The first-order valence-electron chi connectivity index (χ1n) is 10.9. The molecule has 2 heterocycles. The van der Waals surface area contributed by atoms with Gasteiger partial charge in [-0.3, -0.25) is 0 Å². The van der Waals surface area contributed by atoms with Gasteiger partial charge in [0.2, 0.25) is 0 Å². The van der Waals surface area contributed by atoms with Crippen molar-refractivity contribution in [3.63, 3.8) is 0 Å². The summed E-state index contributed by atoms with van der Waals surface area (Å²) in [6, 6.07) is 14.1. The standard InChI is InChI=1S/C26H26F2N2O2S/c1-16(2)23-24(33-25(29-23)18-5-7-20(8-6-18)26(4,27)28)17(3)32-21-9-10-22-19(15-21)11-12-30(22)13-14-31/h5-12,14-17H,13H2,1-4H3. The van der Waals surface area contributed by atoms with Gasteiger partial charge in [0.15, 0.2) is 0 Å². The Balaban J connectivity index is 1.61. The van der Waals surface area contributed by atoms with E-state index in [1.54, 1.807) is 12.1 Å². The van der Waals surface area contributed by atoms with Crippen LogP contribution < -0.4 is 4.74 Å². The largest absolute Gasteiger partial charge is 0.485 e. The molecular formula is C26H26F2N2O2S. The normalized spacial score (nSPS) is 12.9. The maximum atomic E-state index is 13.6. The third kappa shape index (κ3) is 4.83. The van der Waals surface area contributed by atoms with Crippen LogP contribution >= 0.6 is 11.3 Å². The number of alkyl halides is 2. The van der Waals surface area contributed by atoms with Crippen molar-refractivity contribution in [2.45, 2.75) is 52.2 Å². The summed E-state index contributed by atoms with van der Waals surface area (Å²) in [4.78, 5) is 16.7. The Hall–Kier alpha value is -3.06. The van der Waals surface area contributed by atoms with Crippen LogP contribution in [0.3, 0.4) is 0 Å². The summed E-state index contributed by atoms with van der Waals surface area (Å²) in [6.45, 7) is 7.37. The lowest BCUT2D eigenvalue weighted by molar-refractivity contribution is -0.108. The van der Waals surface area contributed by atoms with Gasteiger partial charge in [-0.1, -0.05) is 38.1 Å². The van der Waals surface area contributed by atoms with Crippen molar-refractivity contribution in [2.75, 3.05) is 0 Å². The minimum Gasteiger partial charge on any atom is -0.485 e. The molecule has 0 saturated heterocycles. The molecule has 7 heteroatoms. The SMILES string of the molecule is CC(C)c1nc(-c2ccc(C(C)(F)F)cc2)sc1C(C)Oc1ccc2c(ccn2CC=O)c1. The Bertz CT molecular complexity index is 1270. The van der Waals surface area contributed by atoms with Crippen LogP contribution in [0.15, 0.2) is 54.7 Å². The van der Waals surface area contributed by atoms with Gasteiger partial charge >= 0.3 is 0 Å². The molecule has 4 aromatic rings. The number of hydrogen-bond donors (Lipinski definition) is 0. The van der Waals surface area contributed by atoms with Crippen molar-refractivity contribution in [3.05, 3.63) is 70.9 Å². The van der Waals surface area contributed by atoms with Crippen molar-refractivity contribution in [3.8, 4) is 16.3 Å². The highest BCUT2D eigenvalue weighted by Gasteiger charge is 2.25. The van der Waals surface area contributed by atoms with Gasteiger partial charge in [-0.05, 0) is 37.1 Å². The molecule has 2 aromatic heterocycles. The van der Waals surface area contributed by atoms with E-state index in [4.69, 9.17) is 9.72 Å². The minimum atomic E-state index is -2.87. The van der Waals surface area contributed by atoms with E-state index in [1.807, 2.05) is 42.0 Å². The number of carbonyl (C=O) groups excluding carboxylic acids is 1. The van der Waals surface area contributed by atoms with Crippen LogP contribution in [0.1, 0.15) is 55.9 Å². The highest BCUT2D eigenvalue weighted by molar-refractivity contribution is 7.15. The third-order valence-corrected chi connectivity index (χ3v) is 6.84. The summed E-state index contributed by atoms with van der Waals surface area (Å²) in [5.41, 5.74) is 2.73. The van der Waals surface area contributed by atoms with E-state index in [9.17, 15) is 13.6 Å². The summed E-state index contributed by atoms with van der Waals surface area (Å²) in [5, 5.41) is 1.79. The smallest absolute Gasteiger partial charge is 0.270 e. The first-order valence-corrected chi connectivity index (χ1v) is 11.7. The van der Waals surface area contributed by atoms with Gasteiger partial charge < -0.3 is 14.1 Å². The van der Waals surface area contributed by atoms with E-state index in [-0.39, 0.29) is 17.6 Å². The molecule has 1 atom stereocenters. The molecular weight excluding hydrogens is 442 g/mol. The van der Waals surface area contributed by atoms with E-state index in [0.717, 1.165) is 51.0 Å². The molecule has 172 valence electrons. The highest BCUT2D eigenvalue weighted by atomic mass is 32.1. The van der Waals surface area contributed by atoms with Crippen molar-refractivity contribution in [1.29, 1.82) is 0 Å². The Morgan fingerprint density at radius 1 is 1.12 bits per heavy atom. The lowest BCUT2D eigenvalue weighted by Crippen LogP contribution is -2.06. The fourth-order valence-corrected chi connectivity index (χ4v) is 5.03. The quantitative estimate of drug-likeness (QED) is 0.254. The number of nitrogens with zero attached hydrogens (tertiary/aromatic N) is 2. The van der Waals surface area contributed by atoms with Crippen LogP contribution in [-0.2, 0) is 17.3 Å². The Morgan fingerprint density at radius 2 is 1.85 bits per heavy atom. The lowest BCUT2D eigenvalue weighted by Gasteiger charge is -2.16. The molecule has 0 radical (unpaired) electrons. The first kappa shape index (κ1) is 23.1. The molecule has 0 spiro atoms. The number of carbonyl (C=O) groups is 1. The Kier molecular flexibility index (Phi) is 6.34. The van der Waals surface area contributed by atoms with Gasteiger partial charge in [-0.2, -0.15) is 0 Å². The second kappa shape index (κ2) is 9.06. The lowest BCUT2D eigenvalue weighted by atomic mass is 10.1. The zero-order valence-electron chi connectivity index (χ0n) is 19.0. The number of aromatic nitrogens is 2. The summed E-state index contributed by atoms with van der Waals surface area (Å²) in [7, 11) is 0. The molecule has 0 aliphatic carbocycles. The molecule has 1 unspecified atom stereocenters. The Labute approximate surface area is 195 Å². The summed E-state index contributed by atoms with van der Waals surface area (Å²) in [5.74, 6) is -1.94. The van der Waals surface area contributed by atoms with Gasteiger partial charge in [0, 0.05) is 35.2 Å². The fraction of sp³-hybridized carbons (Fsp3) is 0.308. The van der Waals surface area contributed by atoms with E-state index in [0.29, 0.717) is 6.54 Å². The van der Waals surface area contributed by atoms with E-state index >= 15 is 0 Å². The average molecular weight is 469 g/mol. The number of thiazole rings is 1. The molecule has 0 aliphatic heterocycles. The molecule has 0 bridgehead atoms. The summed E-state index contributed by atoms with van der Waals surface area (Å²) < 4.78 is 35.3. The topological polar surface area (TPSA) is 44.1 Å². The number of halogens is 2. The molecule has 0 fully saturated rings. The van der Waals surface area contributed by atoms with Crippen LogP contribution in [-0.4, -0.2) is 15.8 Å². The molecule has 0 N–H and O–H groups in total. The predicted octanol–water partition coefficient (Wildman–Crippen LogP) is 7.34. The minimum absolute atomic E-state index is 0.0128. The second-order valence-electron chi connectivity index (χ2n) is 8.50. The van der Waals surface area contributed by atoms with Crippen LogP contribution in [0.4, 0.5) is 8.78 Å². The number of fused-ring (bicyclic) bond motifs is 1. The molecule has 0 amide bonds. The van der Waals surface area contributed by atoms with Gasteiger partial charge in [0.1, 0.15) is 23.1 Å². The van der Waals surface area contributed by atoms with Crippen molar-refractivity contribution < 1.29 is 18.3 Å². The van der Waals surface area contributed by atoms with Crippen molar-refractivity contribution in [2.24, 2.45) is 0 Å². The van der Waals surface area contributed by atoms with Crippen LogP contribution in [0, 0.1) is 0 Å². The molecule has 0 saturated carbocycles. The fourth-order valence-electron chi connectivity index (χ4n) is 3.83. The van der Waals surface area contributed by atoms with E-state index < -0.39 is 5.92 Å². The average Bonchev–Trinajstić information content (AvgIpc) is 3.38. The Morgan fingerprint density at radius 3 is 2.48 bits per heavy atom. The number of ether oxygens (including phenoxy) is 1. The van der Waals surface area contributed by atoms with Crippen molar-refractivity contribution >= 4 is 28.5 Å². The number of hydrogen-bond acceptors (Lipinski definition) is 4. The maximum Gasteiger partial charge on any atom is 0.270 e. The van der Waals surface area contributed by atoms with Crippen LogP contribution in [0.5, 0.6) is 5.75 Å². The number of aldehydes is 1. The molecule has 2 aromatic carbocycles. The second-order valence-corrected chi connectivity index (χ2v) is 9.54. The molecule has 4 rings (SSSR count). The molecule has 33 heavy (non-hydrogen) atoms. The van der Waals surface area contributed by atoms with Crippen LogP contribution in [0.2, 0.25) is 0 Å². The zero-order valence-corrected chi connectivity index (χ0v) is 19.8. The van der Waals surface area contributed by atoms with Gasteiger partial charge in [-0.25, -0.2) is 13.8 Å². The van der Waals surface area contributed by atoms with Gasteiger partial charge in [-0.15, -0.1) is 11.3 Å². The van der Waals surface area contributed by atoms with Gasteiger partial charge in [0.05, 0.1) is 17.1 Å². The first-order chi connectivity index (χ1) is 15.7. The van der Waals surface area contributed by atoms with Gasteiger partial charge in [0.25, 0.3) is 5.92 Å². The third-order valence-electron chi connectivity index (χ3n) is 5.56. The number of rotatable bonds is 8. The molecule has 0 aliphatic rings. The van der Waals surface area contributed by atoms with Crippen molar-refractivity contribution in [1.82, 2.24) is 9.55 Å². The maximum absolute atomic E-state index is 13.6.